The van der Waals surface area contributed by atoms with Crippen molar-refractivity contribution in [2.75, 3.05) is 24.2 Å². The smallest absolute Gasteiger partial charge is 0.239 e. The van der Waals surface area contributed by atoms with Crippen LogP contribution >= 0.6 is 11.6 Å². The van der Waals surface area contributed by atoms with Gasteiger partial charge in [0, 0.05) is 18.1 Å². The van der Waals surface area contributed by atoms with Crippen LogP contribution in [0, 0.1) is 0 Å². The molecular weight excluding hydrogens is 262 g/mol. The molecule has 0 aliphatic carbocycles. The van der Waals surface area contributed by atoms with Gasteiger partial charge in [-0.3, -0.25) is 4.79 Å². The summed E-state index contributed by atoms with van der Waals surface area (Å²) in [5, 5.41) is 3.60. The van der Waals surface area contributed by atoms with Crippen LogP contribution in [0.3, 0.4) is 0 Å². The van der Waals surface area contributed by atoms with Gasteiger partial charge in [0.25, 0.3) is 0 Å². The molecule has 0 aliphatic rings. The van der Waals surface area contributed by atoms with Crippen molar-refractivity contribution < 1.29 is 4.79 Å². The summed E-state index contributed by atoms with van der Waals surface area (Å²) in [6.45, 7) is 4.39. The molecule has 4 nitrogen and oxygen atoms in total. The normalized spacial score (nSPS) is 10.6. The summed E-state index contributed by atoms with van der Waals surface area (Å²) in [7, 11) is 1.83. The van der Waals surface area contributed by atoms with Crippen LogP contribution in [-0.2, 0) is 4.79 Å². The molecule has 1 aromatic rings. The molecule has 0 unspecified atom stereocenters. The Bertz CT molecular complexity index is 433. The number of nitrogen functional groups attached to an aromatic ring is 1. The number of halogens is 1. The highest BCUT2D eigenvalue weighted by Gasteiger charge is 2.13. The number of amides is 1. The summed E-state index contributed by atoms with van der Waals surface area (Å²) in [5.74, 6) is -0.00410. The minimum Gasteiger partial charge on any atom is -0.397 e. The Balaban J connectivity index is 2.66. The minimum atomic E-state index is -0.00410. The predicted molar refractivity (Wildman–Crippen MR) is 81.6 cm³/mol. The van der Waals surface area contributed by atoms with Gasteiger partial charge in [-0.05, 0) is 31.0 Å². The van der Waals surface area contributed by atoms with Crippen LogP contribution in [0.4, 0.5) is 11.4 Å². The molecule has 0 saturated heterocycles. The molecule has 0 heterocycles. The van der Waals surface area contributed by atoms with Crippen molar-refractivity contribution in [3.05, 3.63) is 23.2 Å². The van der Waals surface area contributed by atoms with Gasteiger partial charge in [-0.15, -0.1) is 0 Å². The third kappa shape index (κ3) is 4.63. The van der Waals surface area contributed by atoms with Crippen molar-refractivity contribution in [3.63, 3.8) is 0 Å². The second-order valence-corrected chi connectivity index (χ2v) is 5.08. The van der Waals surface area contributed by atoms with E-state index in [-0.39, 0.29) is 18.5 Å². The van der Waals surface area contributed by atoms with Crippen LogP contribution in [-0.4, -0.2) is 25.5 Å². The first kappa shape index (κ1) is 15.6. The third-order valence-electron chi connectivity index (χ3n) is 3.14. The number of hydrogen-bond acceptors (Lipinski definition) is 3. The monoisotopic (exact) mass is 283 g/mol. The van der Waals surface area contributed by atoms with Crippen molar-refractivity contribution >= 4 is 28.9 Å². The first-order valence-electron chi connectivity index (χ1n) is 6.53. The van der Waals surface area contributed by atoms with Crippen molar-refractivity contribution in [3.8, 4) is 0 Å². The van der Waals surface area contributed by atoms with Gasteiger partial charge in [-0.1, -0.05) is 25.4 Å². The number of benzene rings is 1. The SMILES string of the molecule is CCC(CC)NC(=O)CN(C)c1cc(Cl)ccc1N. The average molecular weight is 284 g/mol. The Hall–Kier alpha value is -1.42. The van der Waals surface area contributed by atoms with Crippen LogP contribution in [0.5, 0.6) is 0 Å². The standard InChI is InChI=1S/C14H22ClN3O/c1-4-11(5-2)17-14(19)9-18(3)13-8-10(15)6-7-12(13)16/h6-8,11H,4-5,9,16H2,1-3H3,(H,17,19). The molecule has 5 heteroatoms. The summed E-state index contributed by atoms with van der Waals surface area (Å²) >= 11 is 5.94. The van der Waals surface area contributed by atoms with Gasteiger partial charge in [-0.2, -0.15) is 0 Å². The van der Waals surface area contributed by atoms with Gasteiger partial charge in [0.1, 0.15) is 0 Å². The van der Waals surface area contributed by atoms with E-state index in [4.69, 9.17) is 17.3 Å². The van der Waals surface area contributed by atoms with E-state index in [1.54, 1.807) is 23.1 Å². The van der Waals surface area contributed by atoms with Gasteiger partial charge >= 0.3 is 0 Å². The fourth-order valence-electron chi connectivity index (χ4n) is 1.91. The zero-order chi connectivity index (χ0) is 14.4. The number of carbonyl (C=O) groups is 1. The average Bonchev–Trinajstić information content (AvgIpc) is 2.38. The highest BCUT2D eigenvalue weighted by atomic mass is 35.5. The highest BCUT2D eigenvalue weighted by molar-refractivity contribution is 6.31. The van der Waals surface area contributed by atoms with Gasteiger partial charge in [0.15, 0.2) is 0 Å². The van der Waals surface area contributed by atoms with E-state index >= 15 is 0 Å². The number of anilines is 2. The zero-order valence-electron chi connectivity index (χ0n) is 11.7. The maximum atomic E-state index is 11.9. The topological polar surface area (TPSA) is 58.4 Å². The number of nitrogens with two attached hydrogens (primary N) is 1. The molecule has 0 aliphatic heterocycles. The number of hydrogen-bond donors (Lipinski definition) is 2. The molecular formula is C14H22ClN3O. The van der Waals surface area contributed by atoms with Gasteiger partial charge < -0.3 is 16.0 Å². The van der Waals surface area contributed by atoms with Gasteiger partial charge in [-0.25, -0.2) is 0 Å². The van der Waals surface area contributed by atoms with E-state index in [1.165, 1.54) is 0 Å². The molecule has 0 atom stereocenters. The summed E-state index contributed by atoms with van der Waals surface area (Å²) in [6, 6.07) is 5.48. The molecule has 106 valence electrons. The number of rotatable bonds is 6. The molecule has 0 spiro atoms. The van der Waals surface area contributed by atoms with Crippen LogP contribution in [0.25, 0.3) is 0 Å². The first-order chi connectivity index (χ1) is 8.97. The van der Waals surface area contributed by atoms with Gasteiger partial charge in [0.2, 0.25) is 5.91 Å². The van der Waals surface area contributed by atoms with Crippen molar-refractivity contribution in [1.82, 2.24) is 5.32 Å². The Kier molecular flexibility index (Phi) is 5.96. The summed E-state index contributed by atoms with van der Waals surface area (Å²) in [4.78, 5) is 13.7. The highest BCUT2D eigenvalue weighted by Crippen LogP contribution is 2.25. The van der Waals surface area contributed by atoms with Crippen molar-refractivity contribution in [1.29, 1.82) is 0 Å². The second kappa shape index (κ2) is 7.24. The van der Waals surface area contributed by atoms with Gasteiger partial charge in [0.05, 0.1) is 17.9 Å². The number of nitrogens with zero attached hydrogens (tertiary/aromatic N) is 1. The molecule has 1 amide bonds. The van der Waals surface area contributed by atoms with E-state index in [0.717, 1.165) is 18.5 Å². The van der Waals surface area contributed by atoms with E-state index in [1.807, 2.05) is 7.05 Å². The summed E-state index contributed by atoms with van der Waals surface area (Å²) in [5.41, 5.74) is 7.27. The third-order valence-corrected chi connectivity index (χ3v) is 3.37. The maximum Gasteiger partial charge on any atom is 0.239 e. The molecule has 1 rings (SSSR count). The Morgan fingerprint density at radius 1 is 1.42 bits per heavy atom. The molecule has 0 radical (unpaired) electrons. The molecule has 0 aromatic heterocycles. The number of nitrogens with one attached hydrogen (secondary N) is 1. The number of carbonyl (C=O) groups excluding carboxylic acids is 1. The van der Waals surface area contributed by atoms with E-state index in [2.05, 4.69) is 19.2 Å². The van der Waals surface area contributed by atoms with Crippen LogP contribution in [0.2, 0.25) is 5.02 Å². The van der Waals surface area contributed by atoms with E-state index in [9.17, 15) is 4.79 Å². The molecule has 3 N–H and O–H groups in total. The second-order valence-electron chi connectivity index (χ2n) is 4.64. The Morgan fingerprint density at radius 2 is 2.05 bits per heavy atom. The van der Waals surface area contributed by atoms with Crippen LogP contribution in [0.1, 0.15) is 26.7 Å². The first-order valence-corrected chi connectivity index (χ1v) is 6.91. The molecule has 0 fully saturated rings. The molecule has 19 heavy (non-hydrogen) atoms. The lowest BCUT2D eigenvalue weighted by Crippen LogP contribution is -2.40. The lowest BCUT2D eigenvalue weighted by Gasteiger charge is -2.22. The predicted octanol–water partition coefficient (Wildman–Crippen LogP) is 2.66. The van der Waals surface area contributed by atoms with E-state index < -0.39 is 0 Å². The van der Waals surface area contributed by atoms with Crippen LogP contribution < -0.4 is 16.0 Å². The number of likely N-dealkylation sites (N-methyl/N-ethyl adjacent to an activating group) is 1. The van der Waals surface area contributed by atoms with E-state index in [0.29, 0.717) is 10.7 Å². The minimum absolute atomic E-state index is 0.00410. The van der Waals surface area contributed by atoms with Crippen LogP contribution in [0.15, 0.2) is 18.2 Å². The quantitative estimate of drug-likeness (QED) is 0.789. The zero-order valence-corrected chi connectivity index (χ0v) is 12.5. The van der Waals surface area contributed by atoms with Crippen molar-refractivity contribution in [2.24, 2.45) is 0 Å². The Morgan fingerprint density at radius 3 is 2.63 bits per heavy atom. The van der Waals surface area contributed by atoms with Crippen molar-refractivity contribution in [2.45, 2.75) is 32.7 Å². The maximum absolute atomic E-state index is 11.9. The fourth-order valence-corrected chi connectivity index (χ4v) is 2.08. The Labute approximate surface area is 119 Å². The largest absolute Gasteiger partial charge is 0.397 e. The molecule has 0 bridgehead atoms. The fraction of sp³-hybridized carbons (Fsp3) is 0.500. The summed E-state index contributed by atoms with van der Waals surface area (Å²) < 4.78 is 0. The lowest BCUT2D eigenvalue weighted by molar-refractivity contribution is -0.120. The molecule has 0 saturated carbocycles. The molecule has 1 aromatic carbocycles. The lowest BCUT2D eigenvalue weighted by atomic mass is 10.2. The summed E-state index contributed by atoms with van der Waals surface area (Å²) in [6.07, 6.45) is 1.87.